The molecule has 1 aromatic rings. The summed E-state index contributed by atoms with van der Waals surface area (Å²) < 4.78 is 1.54. The summed E-state index contributed by atoms with van der Waals surface area (Å²) in [7, 11) is 0. The monoisotopic (exact) mass is 224 g/mol. The molecule has 0 spiro atoms. The predicted octanol–water partition coefficient (Wildman–Crippen LogP) is 2.38. The molecule has 1 aromatic heterocycles. The van der Waals surface area contributed by atoms with E-state index in [1.165, 1.54) is 4.68 Å². The van der Waals surface area contributed by atoms with Gasteiger partial charge in [0.05, 0.1) is 5.69 Å². The fourth-order valence-corrected chi connectivity index (χ4v) is 1.97. The first-order valence-corrected chi connectivity index (χ1v) is 5.96. The summed E-state index contributed by atoms with van der Waals surface area (Å²) in [5.41, 5.74) is 6.91. The van der Waals surface area contributed by atoms with Crippen molar-refractivity contribution >= 4 is 5.82 Å². The lowest BCUT2D eigenvalue weighted by atomic mass is 9.96. The van der Waals surface area contributed by atoms with Crippen molar-refractivity contribution in [2.75, 3.05) is 11.6 Å². The number of anilines is 1. The molecule has 0 unspecified atom stereocenters. The van der Waals surface area contributed by atoms with Gasteiger partial charge in [0.1, 0.15) is 11.6 Å². The van der Waals surface area contributed by atoms with Crippen molar-refractivity contribution in [1.29, 1.82) is 0 Å². The Morgan fingerprint density at radius 3 is 2.06 bits per heavy atom. The van der Waals surface area contributed by atoms with Crippen LogP contribution in [0.5, 0.6) is 0 Å². The molecule has 16 heavy (non-hydrogen) atoms. The first kappa shape index (κ1) is 12.9. The summed E-state index contributed by atoms with van der Waals surface area (Å²) in [6, 6.07) is 0. The van der Waals surface area contributed by atoms with Crippen molar-refractivity contribution in [2.24, 2.45) is 0 Å². The van der Waals surface area contributed by atoms with Gasteiger partial charge in [-0.15, -0.1) is 0 Å². The van der Waals surface area contributed by atoms with Crippen molar-refractivity contribution in [2.45, 2.75) is 58.8 Å². The average molecular weight is 224 g/mol. The Bertz CT molecular complexity index is 356. The molecule has 0 saturated carbocycles. The molecule has 0 aliphatic rings. The highest BCUT2D eigenvalue weighted by molar-refractivity contribution is 5.42. The SMILES string of the molecule is CCC(CC)c1nc(C(C)(C)C)n(N)c1N. The molecule has 0 aromatic carbocycles. The molecule has 0 amide bonds. The molecule has 0 aliphatic heterocycles. The van der Waals surface area contributed by atoms with Gasteiger partial charge >= 0.3 is 0 Å². The molecule has 0 aliphatic carbocycles. The normalized spacial score (nSPS) is 12.4. The Morgan fingerprint density at radius 2 is 1.75 bits per heavy atom. The van der Waals surface area contributed by atoms with Crippen molar-refractivity contribution in [3.8, 4) is 0 Å². The predicted molar refractivity (Wildman–Crippen MR) is 68.8 cm³/mol. The van der Waals surface area contributed by atoms with Gasteiger partial charge in [0.25, 0.3) is 0 Å². The molecule has 0 saturated heterocycles. The highest BCUT2D eigenvalue weighted by Crippen LogP contribution is 2.30. The van der Waals surface area contributed by atoms with Gasteiger partial charge in [-0.05, 0) is 12.8 Å². The lowest BCUT2D eigenvalue weighted by Gasteiger charge is -2.17. The Morgan fingerprint density at radius 1 is 1.25 bits per heavy atom. The zero-order chi connectivity index (χ0) is 12.5. The van der Waals surface area contributed by atoms with E-state index in [0.29, 0.717) is 11.7 Å². The van der Waals surface area contributed by atoms with E-state index in [-0.39, 0.29) is 5.41 Å². The molecule has 1 rings (SSSR count). The molecule has 4 heteroatoms. The molecule has 0 radical (unpaired) electrons. The Labute approximate surface area is 98.0 Å². The van der Waals surface area contributed by atoms with E-state index in [1.54, 1.807) is 0 Å². The maximum atomic E-state index is 6.03. The second-order valence-electron chi connectivity index (χ2n) is 5.34. The van der Waals surface area contributed by atoms with Crippen LogP contribution in [0.15, 0.2) is 0 Å². The summed E-state index contributed by atoms with van der Waals surface area (Å²) >= 11 is 0. The van der Waals surface area contributed by atoms with Crippen LogP contribution in [0.25, 0.3) is 0 Å². The van der Waals surface area contributed by atoms with Crippen LogP contribution in [0.2, 0.25) is 0 Å². The van der Waals surface area contributed by atoms with Gasteiger partial charge in [-0.25, -0.2) is 9.66 Å². The standard InChI is InChI=1S/C12H24N4/c1-6-8(7-2)9-10(13)16(14)11(15-9)12(3,4)5/h8H,6-7,13-14H2,1-5H3. The number of hydrogen-bond donors (Lipinski definition) is 2. The maximum absolute atomic E-state index is 6.03. The van der Waals surface area contributed by atoms with Crippen molar-refractivity contribution in [3.05, 3.63) is 11.5 Å². The third-order valence-electron chi connectivity index (χ3n) is 3.02. The number of aromatic nitrogens is 2. The molecule has 0 fully saturated rings. The number of rotatable bonds is 3. The highest BCUT2D eigenvalue weighted by Gasteiger charge is 2.26. The minimum Gasteiger partial charge on any atom is -0.382 e. The van der Waals surface area contributed by atoms with Crippen LogP contribution in [0.3, 0.4) is 0 Å². The quantitative estimate of drug-likeness (QED) is 0.774. The zero-order valence-electron chi connectivity index (χ0n) is 11.0. The van der Waals surface area contributed by atoms with E-state index in [2.05, 4.69) is 39.6 Å². The van der Waals surface area contributed by atoms with Crippen LogP contribution in [0.4, 0.5) is 5.82 Å². The summed E-state index contributed by atoms with van der Waals surface area (Å²) in [5, 5.41) is 0. The number of nitrogens with zero attached hydrogens (tertiary/aromatic N) is 2. The summed E-state index contributed by atoms with van der Waals surface area (Å²) in [6.07, 6.45) is 2.09. The lowest BCUT2D eigenvalue weighted by molar-refractivity contribution is 0.527. The topological polar surface area (TPSA) is 69.9 Å². The first-order valence-electron chi connectivity index (χ1n) is 5.96. The fraction of sp³-hybridized carbons (Fsp3) is 0.750. The molecule has 92 valence electrons. The van der Waals surface area contributed by atoms with Crippen LogP contribution in [0.1, 0.15) is 64.9 Å². The Hall–Kier alpha value is -1.19. The van der Waals surface area contributed by atoms with Crippen LogP contribution >= 0.6 is 0 Å². The largest absolute Gasteiger partial charge is 0.382 e. The van der Waals surface area contributed by atoms with E-state index >= 15 is 0 Å². The van der Waals surface area contributed by atoms with Gasteiger partial charge in [0.2, 0.25) is 0 Å². The summed E-state index contributed by atoms with van der Waals surface area (Å²) in [4.78, 5) is 4.64. The third kappa shape index (κ3) is 2.15. The fourth-order valence-electron chi connectivity index (χ4n) is 1.97. The van der Waals surface area contributed by atoms with Crippen molar-refractivity contribution < 1.29 is 0 Å². The first-order chi connectivity index (χ1) is 7.32. The molecular weight excluding hydrogens is 200 g/mol. The number of nitrogen functional groups attached to an aromatic ring is 2. The van der Waals surface area contributed by atoms with Crippen LogP contribution < -0.4 is 11.6 Å². The van der Waals surface area contributed by atoms with Gasteiger partial charge in [0.15, 0.2) is 0 Å². The van der Waals surface area contributed by atoms with Gasteiger partial charge in [0, 0.05) is 11.3 Å². The van der Waals surface area contributed by atoms with Crippen LogP contribution in [-0.2, 0) is 5.41 Å². The lowest BCUT2D eigenvalue weighted by Crippen LogP contribution is -2.24. The minimum absolute atomic E-state index is 0.0762. The second kappa shape index (κ2) is 4.36. The molecule has 4 N–H and O–H groups in total. The molecular formula is C12H24N4. The maximum Gasteiger partial charge on any atom is 0.146 e. The van der Waals surface area contributed by atoms with Gasteiger partial charge in [-0.2, -0.15) is 0 Å². The van der Waals surface area contributed by atoms with E-state index in [4.69, 9.17) is 11.6 Å². The zero-order valence-corrected chi connectivity index (χ0v) is 11.0. The van der Waals surface area contributed by atoms with E-state index in [9.17, 15) is 0 Å². The van der Waals surface area contributed by atoms with Crippen molar-refractivity contribution in [3.63, 3.8) is 0 Å². The molecule has 4 nitrogen and oxygen atoms in total. The summed E-state index contributed by atoms with van der Waals surface area (Å²) in [5.74, 6) is 7.84. The van der Waals surface area contributed by atoms with E-state index < -0.39 is 0 Å². The smallest absolute Gasteiger partial charge is 0.146 e. The van der Waals surface area contributed by atoms with E-state index in [0.717, 1.165) is 24.4 Å². The highest BCUT2D eigenvalue weighted by atomic mass is 15.4. The number of nitrogens with two attached hydrogens (primary N) is 2. The van der Waals surface area contributed by atoms with E-state index in [1.807, 2.05) is 0 Å². The minimum atomic E-state index is -0.0762. The molecule has 0 atom stereocenters. The molecule has 0 bridgehead atoms. The van der Waals surface area contributed by atoms with Gasteiger partial charge < -0.3 is 11.6 Å². The van der Waals surface area contributed by atoms with Crippen LogP contribution in [0, 0.1) is 0 Å². The summed E-state index contributed by atoms with van der Waals surface area (Å²) in [6.45, 7) is 10.6. The van der Waals surface area contributed by atoms with Gasteiger partial charge in [-0.3, -0.25) is 0 Å². The Balaban J connectivity index is 3.24. The van der Waals surface area contributed by atoms with Gasteiger partial charge in [-0.1, -0.05) is 34.6 Å². The Kier molecular flexibility index (Phi) is 3.51. The number of imidazole rings is 1. The van der Waals surface area contributed by atoms with Crippen molar-refractivity contribution in [1.82, 2.24) is 9.66 Å². The average Bonchev–Trinajstić information content (AvgIpc) is 2.47. The third-order valence-corrected chi connectivity index (χ3v) is 3.02. The van der Waals surface area contributed by atoms with Crippen LogP contribution in [-0.4, -0.2) is 9.66 Å². The number of hydrogen-bond acceptors (Lipinski definition) is 3. The molecule has 1 heterocycles. The second-order valence-corrected chi connectivity index (χ2v) is 5.34.